The van der Waals surface area contributed by atoms with Crippen LogP contribution in [0.2, 0.25) is 0 Å². The first-order chi connectivity index (χ1) is 19.7. The van der Waals surface area contributed by atoms with E-state index in [1.54, 1.807) is 12.1 Å². The Hall–Kier alpha value is -3.76. The second kappa shape index (κ2) is 14.2. The van der Waals surface area contributed by atoms with E-state index in [-0.39, 0.29) is 56.5 Å². The molecular weight excluding hydrogens is 528 g/mol. The zero-order valence-corrected chi connectivity index (χ0v) is 24.2. The van der Waals surface area contributed by atoms with Crippen LogP contribution in [0.5, 0.6) is 17.2 Å². The SMILES string of the molecule is COCc1cc(C(C)(c2cc(CC=O)c(O)c(COC)c2)c2cc(COC)c(O)c(COC)c2)cc(CC=O)c1O. The number of benzene rings is 3. The van der Waals surface area contributed by atoms with E-state index in [9.17, 15) is 24.9 Å². The molecule has 0 heterocycles. The first kappa shape index (κ1) is 31.8. The van der Waals surface area contributed by atoms with Gasteiger partial charge in [0.05, 0.1) is 26.4 Å². The van der Waals surface area contributed by atoms with Crippen molar-refractivity contribution in [3.05, 3.63) is 86.5 Å². The van der Waals surface area contributed by atoms with Crippen molar-refractivity contribution in [2.75, 3.05) is 28.4 Å². The number of carbonyl (C=O) groups excluding carboxylic acids is 2. The molecule has 9 nitrogen and oxygen atoms in total. The Morgan fingerprint density at radius 1 is 0.537 bits per heavy atom. The van der Waals surface area contributed by atoms with Crippen molar-refractivity contribution in [1.29, 1.82) is 0 Å². The van der Waals surface area contributed by atoms with Crippen LogP contribution >= 0.6 is 0 Å². The second-order valence-corrected chi connectivity index (χ2v) is 10.0. The highest BCUT2D eigenvalue weighted by Crippen LogP contribution is 2.45. The molecule has 0 unspecified atom stereocenters. The number of hydrogen-bond acceptors (Lipinski definition) is 9. The first-order valence-electron chi connectivity index (χ1n) is 13.1. The van der Waals surface area contributed by atoms with Crippen molar-refractivity contribution < 1.29 is 43.9 Å². The molecule has 3 N–H and O–H groups in total. The number of aldehydes is 2. The quantitative estimate of drug-likeness (QED) is 0.183. The van der Waals surface area contributed by atoms with E-state index in [0.717, 1.165) is 18.1 Å². The molecule has 41 heavy (non-hydrogen) atoms. The van der Waals surface area contributed by atoms with Crippen LogP contribution in [0.3, 0.4) is 0 Å². The second-order valence-electron chi connectivity index (χ2n) is 10.0. The molecule has 0 aliphatic heterocycles. The molecule has 0 aliphatic carbocycles. The van der Waals surface area contributed by atoms with Gasteiger partial charge in [0.15, 0.2) is 0 Å². The summed E-state index contributed by atoms with van der Waals surface area (Å²) in [4.78, 5) is 23.1. The summed E-state index contributed by atoms with van der Waals surface area (Å²) in [5.74, 6) is 0.00582. The van der Waals surface area contributed by atoms with Crippen LogP contribution in [0.25, 0.3) is 0 Å². The number of phenolic OH excluding ortho intramolecular Hbond substituents is 3. The van der Waals surface area contributed by atoms with Gasteiger partial charge < -0.3 is 43.9 Å². The summed E-state index contributed by atoms with van der Waals surface area (Å²) in [5, 5.41) is 32.8. The minimum atomic E-state index is -1.000. The summed E-state index contributed by atoms with van der Waals surface area (Å²) in [5.41, 5.74) is 4.07. The van der Waals surface area contributed by atoms with E-state index >= 15 is 0 Å². The van der Waals surface area contributed by atoms with E-state index < -0.39 is 5.41 Å². The Balaban J connectivity index is 2.52. The predicted molar refractivity (Wildman–Crippen MR) is 152 cm³/mol. The average molecular weight is 567 g/mol. The minimum absolute atomic E-state index is 0.0210. The minimum Gasteiger partial charge on any atom is -0.507 e. The van der Waals surface area contributed by atoms with Crippen molar-refractivity contribution in [1.82, 2.24) is 0 Å². The van der Waals surface area contributed by atoms with Gasteiger partial charge in [0, 0.05) is 80.1 Å². The molecule has 0 bridgehead atoms. The monoisotopic (exact) mass is 566 g/mol. The number of hydrogen-bond donors (Lipinski definition) is 3. The Morgan fingerprint density at radius 3 is 1.02 bits per heavy atom. The van der Waals surface area contributed by atoms with Gasteiger partial charge in [0.1, 0.15) is 29.8 Å². The van der Waals surface area contributed by atoms with Gasteiger partial charge in [-0.25, -0.2) is 0 Å². The Labute approximate surface area is 240 Å². The molecule has 9 heteroatoms. The van der Waals surface area contributed by atoms with E-state index in [1.165, 1.54) is 28.4 Å². The van der Waals surface area contributed by atoms with Crippen molar-refractivity contribution in [3.63, 3.8) is 0 Å². The van der Waals surface area contributed by atoms with Crippen molar-refractivity contribution in [3.8, 4) is 17.2 Å². The van der Waals surface area contributed by atoms with Gasteiger partial charge in [-0.15, -0.1) is 0 Å². The third kappa shape index (κ3) is 6.60. The third-order valence-corrected chi connectivity index (χ3v) is 7.34. The molecule has 0 fully saturated rings. The Bertz CT molecular complexity index is 1280. The highest BCUT2D eigenvalue weighted by Gasteiger charge is 2.35. The summed E-state index contributed by atoms with van der Waals surface area (Å²) in [6, 6.07) is 10.8. The van der Waals surface area contributed by atoms with Crippen LogP contribution in [0.15, 0.2) is 36.4 Å². The van der Waals surface area contributed by atoms with Crippen LogP contribution in [0.1, 0.15) is 57.0 Å². The summed E-state index contributed by atoms with van der Waals surface area (Å²) in [6.45, 7) is 2.43. The molecule has 3 aromatic carbocycles. The van der Waals surface area contributed by atoms with Gasteiger partial charge in [-0.05, 0) is 47.9 Å². The predicted octanol–water partition coefficient (Wildman–Crippen LogP) is 4.23. The molecule has 3 aromatic rings. The normalized spacial score (nSPS) is 11.5. The van der Waals surface area contributed by atoms with Crippen LogP contribution in [0, 0.1) is 0 Å². The molecule has 0 aliphatic rings. The van der Waals surface area contributed by atoms with Crippen molar-refractivity contribution in [2.24, 2.45) is 0 Å². The Morgan fingerprint density at radius 2 is 0.780 bits per heavy atom. The van der Waals surface area contributed by atoms with Crippen LogP contribution in [-0.2, 0) is 73.2 Å². The number of aromatic hydroxyl groups is 3. The van der Waals surface area contributed by atoms with E-state index in [1.807, 2.05) is 31.2 Å². The molecule has 0 aromatic heterocycles. The van der Waals surface area contributed by atoms with Gasteiger partial charge in [-0.1, -0.05) is 12.1 Å². The maximum Gasteiger partial charge on any atom is 0.126 e. The lowest BCUT2D eigenvalue weighted by Crippen LogP contribution is -2.27. The molecule has 0 atom stereocenters. The number of carbonyl (C=O) groups is 2. The number of methoxy groups -OCH3 is 4. The fraction of sp³-hybridized carbons (Fsp3) is 0.375. The number of rotatable bonds is 15. The van der Waals surface area contributed by atoms with Gasteiger partial charge in [0.25, 0.3) is 0 Å². The van der Waals surface area contributed by atoms with Gasteiger partial charge in [0.2, 0.25) is 0 Å². The summed E-state index contributed by atoms with van der Waals surface area (Å²) in [7, 11) is 6.10. The lowest BCUT2D eigenvalue weighted by molar-refractivity contribution is -0.108. The van der Waals surface area contributed by atoms with Crippen LogP contribution in [0.4, 0.5) is 0 Å². The molecule has 0 saturated heterocycles. The lowest BCUT2D eigenvalue weighted by atomic mass is 9.68. The zero-order valence-electron chi connectivity index (χ0n) is 24.2. The summed E-state index contributed by atoms with van der Waals surface area (Å²) >= 11 is 0. The molecule has 0 saturated carbocycles. The average Bonchev–Trinajstić information content (AvgIpc) is 2.95. The van der Waals surface area contributed by atoms with E-state index in [4.69, 9.17) is 18.9 Å². The highest BCUT2D eigenvalue weighted by molar-refractivity contribution is 5.65. The number of phenols is 3. The van der Waals surface area contributed by atoms with Crippen LogP contribution < -0.4 is 0 Å². The van der Waals surface area contributed by atoms with Crippen molar-refractivity contribution >= 4 is 12.6 Å². The fourth-order valence-electron chi connectivity index (χ4n) is 5.20. The summed E-state index contributed by atoms with van der Waals surface area (Å²) < 4.78 is 21.5. The van der Waals surface area contributed by atoms with Crippen molar-refractivity contribution in [2.45, 2.75) is 51.6 Å². The number of ether oxygens (including phenoxy) is 4. The highest BCUT2D eigenvalue weighted by atomic mass is 16.5. The largest absolute Gasteiger partial charge is 0.507 e. The topological polar surface area (TPSA) is 132 Å². The molecule has 0 radical (unpaired) electrons. The van der Waals surface area contributed by atoms with E-state index in [0.29, 0.717) is 44.5 Å². The maximum absolute atomic E-state index is 11.6. The lowest BCUT2D eigenvalue weighted by Gasteiger charge is -2.35. The van der Waals surface area contributed by atoms with Crippen LogP contribution in [-0.4, -0.2) is 56.3 Å². The van der Waals surface area contributed by atoms with Gasteiger partial charge in [-0.2, -0.15) is 0 Å². The molecular formula is C32H38O9. The molecule has 220 valence electrons. The zero-order chi connectivity index (χ0) is 30.2. The third-order valence-electron chi connectivity index (χ3n) is 7.34. The Kier molecular flexibility index (Phi) is 11.0. The fourth-order valence-corrected chi connectivity index (χ4v) is 5.20. The smallest absolute Gasteiger partial charge is 0.126 e. The molecule has 0 amide bonds. The maximum atomic E-state index is 11.6. The van der Waals surface area contributed by atoms with Gasteiger partial charge in [-0.3, -0.25) is 0 Å². The summed E-state index contributed by atoms with van der Waals surface area (Å²) in [6.07, 6.45) is 1.40. The first-order valence-corrected chi connectivity index (χ1v) is 13.1. The standard InChI is InChI=1S/C32H38O9/c1-32(26-10-20(6-8-33)29(35)22(12-26)16-38-2,27-11-21(7-9-34)30(36)23(13-27)17-39-3)28-14-24(18-40-4)31(37)25(15-28)19-41-5/h8-15,35-37H,6-7,16-19H2,1-5H3. The van der Waals surface area contributed by atoms with Gasteiger partial charge >= 0.3 is 0 Å². The molecule has 3 rings (SSSR count). The molecule has 0 spiro atoms. The van der Waals surface area contributed by atoms with E-state index in [2.05, 4.69) is 0 Å².